The smallest absolute Gasteiger partial charge is 0.255 e. The number of nitrogens with zero attached hydrogens (tertiary/aromatic N) is 2. The van der Waals surface area contributed by atoms with E-state index in [1.165, 1.54) is 22.4 Å². The van der Waals surface area contributed by atoms with Crippen LogP contribution in [0.25, 0.3) is 5.69 Å². The van der Waals surface area contributed by atoms with Crippen LogP contribution in [-0.4, -0.2) is 16.3 Å². The molecule has 7 heteroatoms. The third-order valence-corrected chi connectivity index (χ3v) is 3.66. The van der Waals surface area contributed by atoms with Crippen LogP contribution in [0.15, 0.2) is 47.4 Å². The molecule has 108 valence electrons. The van der Waals surface area contributed by atoms with E-state index in [1.807, 2.05) is 12.3 Å². The molecule has 2 rings (SSSR count). The molecule has 5 nitrogen and oxygen atoms in total. The molecule has 2 aromatic rings. The Bertz CT molecular complexity index is 711. The lowest BCUT2D eigenvalue weighted by Crippen LogP contribution is -2.16. The van der Waals surface area contributed by atoms with Crippen molar-refractivity contribution in [3.8, 4) is 11.9 Å². The van der Waals surface area contributed by atoms with Crippen molar-refractivity contribution in [1.29, 1.82) is 5.26 Å². The minimum atomic E-state index is -0.127. The van der Waals surface area contributed by atoms with Crippen LogP contribution in [0, 0.1) is 11.5 Å². The van der Waals surface area contributed by atoms with Crippen LogP contribution in [0.2, 0.25) is 5.02 Å². The zero-order chi connectivity index (χ0) is 15.1. The summed E-state index contributed by atoms with van der Waals surface area (Å²) in [6.45, 7) is 0. The maximum atomic E-state index is 11.8. The first-order chi connectivity index (χ1) is 10.2. The highest BCUT2D eigenvalue weighted by atomic mass is 35.5. The fourth-order valence-electron chi connectivity index (χ4n) is 1.71. The normalized spacial score (nSPS) is 9.90. The summed E-state index contributed by atoms with van der Waals surface area (Å²) in [5, 5.41) is 14.6. The molecule has 1 aromatic heterocycles. The average Bonchev–Trinajstić information content (AvgIpc) is 2.48. The van der Waals surface area contributed by atoms with Crippen molar-refractivity contribution < 1.29 is 0 Å². The molecular formula is C14H13ClN4OS. The van der Waals surface area contributed by atoms with E-state index >= 15 is 0 Å². The first-order valence-corrected chi connectivity index (χ1v) is 7.67. The molecule has 0 atom stereocenters. The lowest BCUT2D eigenvalue weighted by molar-refractivity contribution is 0.991. The van der Waals surface area contributed by atoms with Crippen LogP contribution in [0.4, 0.5) is 5.69 Å². The van der Waals surface area contributed by atoms with Crippen LogP contribution in [-0.2, 0) is 0 Å². The molecule has 0 spiro atoms. The number of benzene rings is 1. The number of hydrogen-bond acceptors (Lipinski definition) is 5. The summed E-state index contributed by atoms with van der Waals surface area (Å²) in [5.41, 5.74) is 1.38. The van der Waals surface area contributed by atoms with E-state index in [-0.39, 0.29) is 5.56 Å². The maximum absolute atomic E-state index is 11.8. The van der Waals surface area contributed by atoms with E-state index in [9.17, 15) is 4.79 Å². The number of aromatic nitrogens is 1. The van der Waals surface area contributed by atoms with Gasteiger partial charge in [0.05, 0.1) is 22.5 Å². The zero-order valence-electron chi connectivity index (χ0n) is 11.0. The molecule has 0 aliphatic carbocycles. The van der Waals surface area contributed by atoms with Crippen LogP contribution in [0.5, 0.6) is 0 Å². The molecule has 1 aromatic carbocycles. The number of halogens is 1. The molecule has 0 saturated carbocycles. The van der Waals surface area contributed by atoms with Gasteiger partial charge in [0.25, 0.3) is 5.56 Å². The molecule has 0 fully saturated rings. The van der Waals surface area contributed by atoms with Gasteiger partial charge in [-0.15, -0.1) is 11.8 Å². The molecule has 0 amide bonds. The molecule has 21 heavy (non-hydrogen) atoms. The minimum Gasteiger partial charge on any atom is -0.376 e. The van der Waals surface area contributed by atoms with Gasteiger partial charge in [0.1, 0.15) is 0 Å². The first kappa shape index (κ1) is 15.3. The standard InChI is InChI=1S/C14H13ClN4OS/c15-12-7-11(18-10-21-9-17-8-16)4-5-13(12)19-6-2-1-3-14(19)20/h1-7,17-18H,9-10H2. The van der Waals surface area contributed by atoms with Crippen molar-refractivity contribution in [3.63, 3.8) is 0 Å². The summed E-state index contributed by atoms with van der Waals surface area (Å²) >= 11 is 7.78. The van der Waals surface area contributed by atoms with Gasteiger partial charge in [0.15, 0.2) is 6.19 Å². The molecule has 0 radical (unpaired) electrons. The molecule has 1 heterocycles. The van der Waals surface area contributed by atoms with Crippen molar-refractivity contribution in [1.82, 2.24) is 9.88 Å². The molecule has 2 N–H and O–H groups in total. The summed E-state index contributed by atoms with van der Waals surface area (Å²) in [6.07, 6.45) is 3.53. The molecule has 0 aliphatic heterocycles. The quantitative estimate of drug-likeness (QED) is 0.370. The Kier molecular flexibility index (Phi) is 5.55. The predicted octanol–water partition coefficient (Wildman–Crippen LogP) is 2.62. The number of anilines is 1. The topological polar surface area (TPSA) is 69.8 Å². The summed E-state index contributed by atoms with van der Waals surface area (Å²) < 4.78 is 1.50. The van der Waals surface area contributed by atoms with E-state index in [4.69, 9.17) is 16.9 Å². The Morgan fingerprint density at radius 3 is 2.86 bits per heavy atom. The fourth-order valence-corrected chi connectivity index (χ4v) is 2.52. The van der Waals surface area contributed by atoms with Gasteiger partial charge in [0, 0.05) is 18.0 Å². The Morgan fingerprint density at radius 1 is 1.29 bits per heavy atom. The van der Waals surface area contributed by atoms with Crippen LogP contribution in [0.1, 0.15) is 0 Å². The van der Waals surface area contributed by atoms with Crippen molar-refractivity contribution in [2.45, 2.75) is 0 Å². The highest BCUT2D eigenvalue weighted by molar-refractivity contribution is 7.99. The van der Waals surface area contributed by atoms with Crippen LogP contribution >= 0.6 is 23.4 Å². The Morgan fingerprint density at radius 2 is 2.14 bits per heavy atom. The van der Waals surface area contributed by atoms with Crippen molar-refractivity contribution in [3.05, 3.63) is 58.0 Å². The van der Waals surface area contributed by atoms with Crippen molar-refractivity contribution in [2.75, 3.05) is 17.1 Å². The molecule has 0 bridgehead atoms. The molecular weight excluding hydrogens is 308 g/mol. The second-order valence-corrected chi connectivity index (χ2v) is 5.43. The summed E-state index contributed by atoms with van der Waals surface area (Å²) in [5.74, 6) is 1.20. The number of thioether (sulfide) groups is 1. The van der Waals surface area contributed by atoms with E-state index < -0.39 is 0 Å². The lowest BCUT2D eigenvalue weighted by atomic mass is 10.2. The van der Waals surface area contributed by atoms with Gasteiger partial charge in [-0.1, -0.05) is 17.7 Å². The first-order valence-electron chi connectivity index (χ1n) is 6.13. The summed E-state index contributed by atoms with van der Waals surface area (Å²) in [4.78, 5) is 11.8. The molecule has 0 aliphatic rings. The second-order valence-electron chi connectivity index (χ2n) is 4.03. The highest BCUT2D eigenvalue weighted by Crippen LogP contribution is 2.23. The van der Waals surface area contributed by atoms with Crippen LogP contribution < -0.4 is 16.2 Å². The van der Waals surface area contributed by atoms with E-state index in [0.29, 0.717) is 22.5 Å². The largest absolute Gasteiger partial charge is 0.376 e. The third kappa shape index (κ3) is 4.18. The van der Waals surface area contributed by atoms with Gasteiger partial charge in [-0.05, 0) is 24.3 Å². The summed E-state index contributed by atoms with van der Waals surface area (Å²) in [6, 6.07) is 10.4. The number of rotatable bonds is 6. The Hall–Kier alpha value is -2.10. The van der Waals surface area contributed by atoms with Gasteiger partial charge in [-0.3, -0.25) is 9.36 Å². The molecule has 0 saturated heterocycles. The van der Waals surface area contributed by atoms with Crippen molar-refractivity contribution >= 4 is 29.1 Å². The SMILES string of the molecule is N#CNCSCNc1ccc(-n2ccccc2=O)c(Cl)c1. The number of hydrogen-bond donors (Lipinski definition) is 2. The van der Waals surface area contributed by atoms with Gasteiger partial charge in [0.2, 0.25) is 0 Å². The number of pyridine rings is 1. The van der Waals surface area contributed by atoms with E-state index in [2.05, 4.69) is 10.6 Å². The number of nitriles is 1. The van der Waals surface area contributed by atoms with Gasteiger partial charge in [-0.25, -0.2) is 0 Å². The third-order valence-electron chi connectivity index (χ3n) is 2.66. The molecule has 0 unspecified atom stereocenters. The second kappa shape index (κ2) is 7.62. The summed E-state index contributed by atoms with van der Waals surface area (Å²) in [7, 11) is 0. The fraction of sp³-hybridized carbons (Fsp3) is 0.143. The monoisotopic (exact) mass is 320 g/mol. The Labute approximate surface area is 131 Å². The van der Waals surface area contributed by atoms with E-state index in [0.717, 1.165) is 5.69 Å². The van der Waals surface area contributed by atoms with Gasteiger partial charge in [-0.2, -0.15) is 5.26 Å². The highest BCUT2D eigenvalue weighted by Gasteiger charge is 2.05. The maximum Gasteiger partial charge on any atom is 0.255 e. The van der Waals surface area contributed by atoms with E-state index in [1.54, 1.807) is 30.5 Å². The lowest BCUT2D eigenvalue weighted by Gasteiger charge is -2.10. The van der Waals surface area contributed by atoms with Crippen molar-refractivity contribution in [2.24, 2.45) is 0 Å². The zero-order valence-corrected chi connectivity index (χ0v) is 12.6. The number of nitrogens with one attached hydrogen (secondary N) is 2. The van der Waals surface area contributed by atoms with Crippen LogP contribution in [0.3, 0.4) is 0 Å². The predicted molar refractivity (Wildman–Crippen MR) is 86.7 cm³/mol. The van der Waals surface area contributed by atoms with Gasteiger partial charge >= 0.3 is 0 Å². The minimum absolute atomic E-state index is 0.127. The Balaban J connectivity index is 2.06. The van der Waals surface area contributed by atoms with Gasteiger partial charge < -0.3 is 10.6 Å². The average molecular weight is 321 g/mol.